The van der Waals surface area contributed by atoms with Crippen molar-refractivity contribution < 1.29 is 9.53 Å². The molecule has 0 radical (unpaired) electrons. The Balaban J connectivity index is 2.50. The summed E-state index contributed by atoms with van der Waals surface area (Å²) in [5.74, 6) is 0.528. The molecule has 1 aliphatic rings. The number of alkyl carbamates (subject to hydrolysis) is 1. The summed E-state index contributed by atoms with van der Waals surface area (Å²) in [5, 5.41) is 2.88. The Hall–Kier alpha value is -0.770. The molecule has 100 valence electrons. The molecular formula is C13H26N2O2. The lowest BCUT2D eigenvalue weighted by atomic mass is 9.73. The van der Waals surface area contributed by atoms with Crippen molar-refractivity contribution in [3.8, 4) is 0 Å². The molecule has 0 bridgehead atoms. The van der Waals surface area contributed by atoms with Crippen molar-refractivity contribution in [1.82, 2.24) is 5.32 Å². The first-order chi connectivity index (χ1) is 7.62. The Morgan fingerprint density at radius 1 is 1.29 bits per heavy atom. The van der Waals surface area contributed by atoms with Crippen LogP contribution in [0.15, 0.2) is 0 Å². The van der Waals surface area contributed by atoms with Crippen LogP contribution >= 0.6 is 0 Å². The zero-order valence-electron chi connectivity index (χ0n) is 11.7. The topological polar surface area (TPSA) is 64.3 Å². The van der Waals surface area contributed by atoms with Gasteiger partial charge in [-0.1, -0.05) is 6.42 Å². The summed E-state index contributed by atoms with van der Waals surface area (Å²) >= 11 is 0. The normalized spacial score (nSPS) is 19.4. The van der Waals surface area contributed by atoms with E-state index in [1.54, 1.807) is 0 Å². The predicted molar refractivity (Wildman–Crippen MR) is 68.8 cm³/mol. The van der Waals surface area contributed by atoms with Crippen molar-refractivity contribution in [2.24, 2.45) is 11.7 Å². The Kier molecular flexibility index (Phi) is 4.07. The summed E-state index contributed by atoms with van der Waals surface area (Å²) in [6, 6.07) is -0.0104. The van der Waals surface area contributed by atoms with E-state index in [0.29, 0.717) is 5.92 Å². The molecule has 0 aromatic carbocycles. The van der Waals surface area contributed by atoms with E-state index in [9.17, 15) is 4.79 Å². The van der Waals surface area contributed by atoms with Crippen LogP contribution in [0.5, 0.6) is 0 Å². The van der Waals surface area contributed by atoms with Crippen LogP contribution in [0.4, 0.5) is 4.79 Å². The van der Waals surface area contributed by atoms with E-state index in [1.165, 1.54) is 19.3 Å². The van der Waals surface area contributed by atoms with Crippen molar-refractivity contribution in [3.63, 3.8) is 0 Å². The van der Waals surface area contributed by atoms with Crippen LogP contribution in [0.25, 0.3) is 0 Å². The number of amides is 1. The highest BCUT2D eigenvalue weighted by atomic mass is 16.6. The molecule has 4 heteroatoms. The number of carbonyl (C=O) groups is 1. The molecule has 0 spiro atoms. The smallest absolute Gasteiger partial charge is 0.408 e. The third-order valence-electron chi connectivity index (χ3n) is 3.31. The Bertz CT molecular complexity index is 278. The first kappa shape index (κ1) is 14.3. The zero-order valence-corrected chi connectivity index (χ0v) is 11.7. The summed E-state index contributed by atoms with van der Waals surface area (Å²) in [6.07, 6.45) is 3.19. The molecule has 1 aliphatic carbocycles. The predicted octanol–water partition coefficient (Wildman–Crippen LogP) is 2.42. The maximum Gasteiger partial charge on any atom is 0.408 e. The fourth-order valence-corrected chi connectivity index (χ4v) is 2.04. The van der Waals surface area contributed by atoms with E-state index in [0.717, 1.165) is 0 Å². The van der Waals surface area contributed by atoms with Crippen molar-refractivity contribution >= 4 is 6.09 Å². The largest absolute Gasteiger partial charge is 0.444 e. The Morgan fingerprint density at radius 3 is 2.18 bits per heavy atom. The van der Waals surface area contributed by atoms with Crippen molar-refractivity contribution in [2.45, 2.75) is 71.1 Å². The molecule has 0 saturated heterocycles. The summed E-state index contributed by atoms with van der Waals surface area (Å²) < 4.78 is 5.25. The highest BCUT2D eigenvalue weighted by molar-refractivity contribution is 5.68. The van der Waals surface area contributed by atoms with E-state index in [1.807, 2.05) is 34.6 Å². The lowest BCUT2D eigenvalue weighted by Crippen LogP contribution is -2.60. The molecule has 1 fully saturated rings. The summed E-state index contributed by atoms with van der Waals surface area (Å²) in [4.78, 5) is 11.7. The van der Waals surface area contributed by atoms with Gasteiger partial charge in [0.1, 0.15) is 5.60 Å². The number of carbonyl (C=O) groups excluding carboxylic acids is 1. The minimum Gasteiger partial charge on any atom is -0.444 e. The molecular weight excluding hydrogens is 216 g/mol. The minimum atomic E-state index is -0.471. The SMILES string of the molecule is CC(C)(C)OC(=O)NC(C)(C)C(N)C1CCC1. The fraction of sp³-hybridized carbons (Fsp3) is 0.923. The third-order valence-corrected chi connectivity index (χ3v) is 3.31. The summed E-state index contributed by atoms with van der Waals surface area (Å²) in [5.41, 5.74) is 5.30. The number of hydrogen-bond donors (Lipinski definition) is 2. The number of hydrogen-bond acceptors (Lipinski definition) is 3. The monoisotopic (exact) mass is 242 g/mol. The quantitative estimate of drug-likeness (QED) is 0.798. The average molecular weight is 242 g/mol. The van der Waals surface area contributed by atoms with Crippen molar-refractivity contribution in [1.29, 1.82) is 0 Å². The van der Waals surface area contributed by atoms with Gasteiger partial charge in [-0.05, 0) is 53.4 Å². The summed E-state index contributed by atoms with van der Waals surface area (Å²) in [7, 11) is 0. The number of nitrogens with one attached hydrogen (secondary N) is 1. The van der Waals surface area contributed by atoms with Gasteiger partial charge in [-0.25, -0.2) is 4.79 Å². The maximum absolute atomic E-state index is 11.7. The molecule has 0 aromatic heterocycles. The second kappa shape index (κ2) is 4.84. The highest BCUT2D eigenvalue weighted by Gasteiger charge is 2.37. The molecule has 4 nitrogen and oxygen atoms in total. The fourth-order valence-electron chi connectivity index (χ4n) is 2.04. The van der Waals surface area contributed by atoms with Gasteiger partial charge in [0.05, 0.1) is 5.54 Å². The second-order valence-corrected chi connectivity index (χ2v) is 6.57. The van der Waals surface area contributed by atoms with Crippen LogP contribution in [0, 0.1) is 5.92 Å². The van der Waals surface area contributed by atoms with Gasteiger partial charge < -0.3 is 15.8 Å². The number of rotatable bonds is 3. The van der Waals surface area contributed by atoms with Gasteiger partial charge in [0.15, 0.2) is 0 Å². The minimum absolute atomic E-state index is 0.0104. The van der Waals surface area contributed by atoms with Crippen molar-refractivity contribution in [3.05, 3.63) is 0 Å². The van der Waals surface area contributed by atoms with Gasteiger partial charge in [-0.15, -0.1) is 0 Å². The lowest BCUT2D eigenvalue weighted by Gasteiger charge is -2.41. The van der Waals surface area contributed by atoms with Gasteiger partial charge in [0, 0.05) is 6.04 Å². The third kappa shape index (κ3) is 4.19. The highest BCUT2D eigenvalue weighted by Crippen LogP contribution is 2.32. The Labute approximate surface area is 104 Å². The molecule has 1 unspecified atom stereocenters. The molecule has 1 rings (SSSR count). The lowest BCUT2D eigenvalue weighted by molar-refractivity contribution is 0.0428. The molecule has 0 heterocycles. The van der Waals surface area contributed by atoms with Crippen LogP contribution in [0.2, 0.25) is 0 Å². The number of nitrogens with two attached hydrogens (primary N) is 1. The molecule has 0 aromatic rings. The van der Waals surface area contributed by atoms with Crippen LogP contribution in [0.1, 0.15) is 53.9 Å². The van der Waals surface area contributed by atoms with Gasteiger partial charge in [-0.3, -0.25) is 0 Å². The van der Waals surface area contributed by atoms with E-state index in [2.05, 4.69) is 5.32 Å². The Morgan fingerprint density at radius 2 is 1.82 bits per heavy atom. The van der Waals surface area contributed by atoms with Crippen LogP contribution < -0.4 is 11.1 Å². The molecule has 17 heavy (non-hydrogen) atoms. The van der Waals surface area contributed by atoms with E-state index in [4.69, 9.17) is 10.5 Å². The van der Waals surface area contributed by atoms with Gasteiger partial charge in [-0.2, -0.15) is 0 Å². The van der Waals surface area contributed by atoms with Crippen LogP contribution in [-0.2, 0) is 4.74 Å². The van der Waals surface area contributed by atoms with E-state index < -0.39 is 17.2 Å². The molecule has 1 amide bonds. The molecule has 1 saturated carbocycles. The molecule has 3 N–H and O–H groups in total. The first-order valence-corrected chi connectivity index (χ1v) is 6.38. The van der Waals surface area contributed by atoms with Gasteiger partial charge in [0.2, 0.25) is 0 Å². The van der Waals surface area contributed by atoms with Gasteiger partial charge >= 0.3 is 6.09 Å². The van der Waals surface area contributed by atoms with Crippen molar-refractivity contribution in [2.75, 3.05) is 0 Å². The molecule has 0 aliphatic heterocycles. The maximum atomic E-state index is 11.7. The number of ether oxygens (including phenoxy) is 1. The van der Waals surface area contributed by atoms with E-state index in [-0.39, 0.29) is 6.04 Å². The first-order valence-electron chi connectivity index (χ1n) is 6.38. The van der Waals surface area contributed by atoms with Crippen LogP contribution in [0.3, 0.4) is 0 Å². The van der Waals surface area contributed by atoms with Gasteiger partial charge in [0.25, 0.3) is 0 Å². The molecule has 1 atom stereocenters. The second-order valence-electron chi connectivity index (χ2n) is 6.57. The average Bonchev–Trinajstić information content (AvgIpc) is 1.94. The zero-order chi connectivity index (χ0) is 13.3. The van der Waals surface area contributed by atoms with Crippen LogP contribution in [-0.4, -0.2) is 23.3 Å². The standard InChI is InChI=1S/C13H26N2O2/c1-12(2,3)17-11(16)15-13(4,5)10(14)9-7-6-8-9/h9-10H,6-8,14H2,1-5H3,(H,15,16). The van der Waals surface area contributed by atoms with E-state index >= 15 is 0 Å². The summed E-state index contributed by atoms with van der Waals surface area (Å²) in [6.45, 7) is 9.47.